The van der Waals surface area contributed by atoms with Crippen molar-refractivity contribution < 1.29 is 18.4 Å². The number of furan rings is 2. The molecule has 1 aliphatic rings. The minimum absolute atomic E-state index is 0.131. The minimum Gasteiger partial charge on any atom is -0.459 e. The molecule has 0 aromatic carbocycles. The van der Waals surface area contributed by atoms with E-state index < -0.39 is 0 Å². The number of carbonyl (C=O) groups excluding carboxylic acids is 2. The highest BCUT2D eigenvalue weighted by Crippen LogP contribution is 2.13. The van der Waals surface area contributed by atoms with E-state index in [4.69, 9.17) is 8.83 Å². The Bertz CT molecular complexity index is 636. The lowest BCUT2D eigenvalue weighted by Gasteiger charge is -2.33. The second-order valence-electron chi connectivity index (χ2n) is 4.97. The summed E-state index contributed by atoms with van der Waals surface area (Å²) in [5, 5.41) is 0. The molecular formula is C15H16N2O4. The van der Waals surface area contributed by atoms with Gasteiger partial charge in [-0.15, -0.1) is 0 Å². The molecule has 0 aliphatic carbocycles. The van der Waals surface area contributed by atoms with E-state index in [1.165, 1.54) is 6.26 Å². The van der Waals surface area contributed by atoms with E-state index in [1.807, 2.05) is 0 Å². The quantitative estimate of drug-likeness (QED) is 0.844. The van der Waals surface area contributed by atoms with E-state index in [1.54, 1.807) is 41.0 Å². The van der Waals surface area contributed by atoms with Gasteiger partial charge in [0, 0.05) is 26.2 Å². The molecule has 21 heavy (non-hydrogen) atoms. The number of hydrogen-bond acceptors (Lipinski definition) is 4. The maximum absolute atomic E-state index is 12.2. The van der Waals surface area contributed by atoms with Crippen LogP contribution < -0.4 is 0 Å². The number of hydrogen-bond donors (Lipinski definition) is 0. The summed E-state index contributed by atoms with van der Waals surface area (Å²) in [5.41, 5.74) is 0. The molecule has 0 N–H and O–H groups in total. The van der Waals surface area contributed by atoms with E-state index in [0.717, 1.165) is 0 Å². The van der Waals surface area contributed by atoms with Crippen LogP contribution in [0.4, 0.5) is 0 Å². The Morgan fingerprint density at radius 1 is 0.952 bits per heavy atom. The van der Waals surface area contributed by atoms with E-state index in [9.17, 15) is 9.59 Å². The highest BCUT2D eigenvalue weighted by atomic mass is 16.4. The fourth-order valence-electron chi connectivity index (χ4n) is 2.37. The lowest BCUT2D eigenvalue weighted by molar-refractivity contribution is 0.0501. The molecule has 2 aromatic rings. The van der Waals surface area contributed by atoms with Crippen molar-refractivity contribution in [1.29, 1.82) is 0 Å². The zero-order valence-corrected chi connectivity index (χ0v) is 11.7. The first-order valence-corrected chi connectivity index (χ1v) is 6.83. The van der Waals surface area contributed by atoms with E-state index in [-0.39, 0.29) is 11.8 Å². The number of piperazine rings is 1. The molecule has 0 unspecified atom stereocenters. The standard InChI is InChI=1S/C15H16N2O4/c1-11-4-5-13(21-11)15(19)17-8-6-16(7-9-17)14(18)12-3-2-10-20-12/h2-5,10H,6-9H2,1H3. The van der Waals surface area contributed by atoms with Crippen LogP contribution in [-0.4, -0.2) is 47.8 Å². The van der Waals surface area contributed by atoms with Crippen LogP contribution in [0, 0.1) is 6.92 Å². The van der Waals surface area contributed by atoms with Crippen LogP contribution in [0.3, 0.4) is 0 Å². The number of amides is 2. The third-order valence-corrected chi connectivity index (χ3v) is 3.54. The van der Waals surface area contributed by atoms with Gasteiger partial charge in [0.15, 0.2) is 11.5 Å². The summed E-state index contributed by atoms with van der Waals surface area (Å²) >= 11 is 0. The minimum atomic E-state index is -0.138. The van der Waals surface area contributed by atoms with Gasteiger partial charge in [0.2, 0.25) is 0 Å². The molecule has 0 spiro atoms. The first-order chi connectivity index (χ1) is 10.1. The molecule has 1 fully saturated rings. The van der Waals surface area contributed by atoms with Crippen molar-refractivity contribution in [3.8, 4) is 0 Å². The lowest BCUT2D eigenvalue weighted by Crippen LogP contribution is -2.50. The largest absolute Gasteiger partial charge is 0.459 e. The normalized spacial score (nSPS) is 15.3. The Balaban J connectivity index is 1.60. The Hall–Kier alpha value is -2.50. The maximum atomic E-state index is 12.2. The second-order valence-corrected chi connectivity index (χ2v) is 4.97. The van der Waals surface area contributed by atoms with Crippen LogP contribution in [0.1, 0.15) is 26.9 Å². The van der Waals surface area contributed by atoms with Crippen molar-refractivity contribution in [3.63, 3.8) is 0 Å². The molecular weight excluding hydrogens is 272 g/mol. The number of aryl methyl sites for hydroxylation is 1. The summed E-state index contributed by atoms with van der Waals surface area (Å²) in [5.74, 6) is 1.12. The third-order valence-electron chi connectivity index (χ3n) is 3.54. The van der Waals surface area contributed by atoms with E-state index >= 15 is 0 Å². The number of rotatable bonds is 2. The molecule has 1 aliphatic heterocycles. The maximum Gasteiger partial charge on any atom is 0.289 e. The topological polar surface area (TPSA) is 66.9 Å². The van der Waals surface area contributed by atoms with Crippen molar-refractivity contribution in [2.24, 2.45) is 0 Å². The molecule has 3 rings (SSSR count). The van der Waals surface area contributed by atoms with Crippen LogP contribution in [0.25, 0.3) is 0 Å². The molecule has 0 saturated carbocycles. The lowest BCUT2D eigenvalue weighted by atomic mass is 10.2. The van der Waals surface area contributed by atoms with Gasteiger partial charge in [-0.1, -0.05) is 0 Å². The Labute approximate surface area is 121 Å². The van der Waals surface area contributed by atoms with Gasteiger partial charge in [-0.05, 0) is 31.2 Å². The van der Waals surface area contributed by atoms with Crippen LogP contribution in [-0.2, 0) is 0 Å². The van der Waals surface area contributed by atoms with Gasteiger partial charge in [-0.25, -0.2) is 0 Å². The average molecular weight is 288 g/mol. The molecule has 2 aromatic heterocycles. The van der Waals surface area contributed by atoms with Gasteiger partial charge in [0.25, 0.3) is 11.8 Å². The van der Waals surface area contributed by atoms with Gasteiger partial charge in [0.1, 0.15) is 5.76 Å². The van der Waals surface area contributed by atoms with Gasteiger partial charge in [-0.3, -0.25) is 9.59 Å². The fourth-order valence-corrected chi connectivity index (χ4v) is 2.37. The summed E-state index contributed by atoms with van der Waals surface area (Å²) in [6.45, 7) is 3.77. The summed E-state index contributed by atoms with van der Waals surface area (Å²) < 4.78 is 10.5. The van der Waals surface area contributed by atoms with Crippen LogP contribution in [0.15, 0.2) is 39.4 Å². The van der Waals surface area contributed by atoms with Gasteiger partial charge in [-0.2, -0.15) is 0 Å². The molecule has 1 saturated heterocycles. The smallest absolute Gasteiger partial charge is 0.289 e. The van der Waals surface area contributed by atoms with Crippen molar-refractivity contribution in [1.82, 2.24) is 9.80 Å². The first kappa shape index (κ1) is 13.5. The van der Waals surface area contributed by atoms with E-state index in [0.29, 0.717) is 43.5 Å². The zero-order valence-electron chi connectivity index (χ0n) is 11.7. The Morgan fingerprint density at radius 3 is 2.05 bits per heavy atom. The summed E-state index contributed by atoms with van der Waals surface area (Å²) in [4.78, 5) is 27.7. The van der Waals surface area contributed by atoms with Crippen molar-refractivity contribution in [2.75, 3.05) is 26.2 Å². The molecule has 6 heteroatoms. The second kappa shape index (κ2) is 5.47. The van der Waals surface area contributed by atoms with Crippen LogP contribution in [0.2, 0.25) is 0 Å². The third kappa shape index (κ3) is 2.69. The summed E-state index contributed by atoms with van der Waals surface area (Å²) in [6.07, 6.45) is 1.48. The first-order valence-electron chi connectivity index (χ1n) is 6.83. The fraction of sp³-hybridized carbons (Fsp3) is 0.333. The van der Waals surface area contributed by atoms with E-state index in [2.05, 4.69) is 0 Å². The van der Waals surface area contributed by atoms with Gasteiger partial charge in [0.05, 0.1) is 6.26 Å². The molecule has 110 valence electrons. The van der Waals surface area contributed by atoms with Gasteiger partial charge >= 0.3 is 0 Å². The molecule has 2 amide bonds. The summed E-state index contributed by atoms with van der Waals surface area (Å²) in [7, 11) is 0. The predicted molar refractivity (Wildman–Crippen MR) is 74.0 cm³/mol. The molecule has 3 heterocycles. The molecule has 0 radical (unpaired) electrons. The van der Waals surface area contributed by atoms with Crippen LogP contribution in [0.5, 0.6) is 0 Å². The van der Waals surface area contributed by atoms with Crippen molar-refractivity contribution in [2.45, 2.75) is 6.92 Å². The average Bonchev–Trinajstić information content (AvgIpc) is 3.17. The van der Waals surface area contributed by atoms with Crippen molar-refractivity contribution in [3.05, 3.63) is 47.8 Å². The highest BCUT2D eigenvalue weighted by Gasteiger charge is 2.27. The molecule has 6 nitrogen and oxygen atoms in total. The number of carbonyl (C=O) groups is 2. The monoisotopic (exact) mass is 288 g/mol. The van der Waals surface area contributed by atoms with Crippen molar-refractivity contribution >= 4 is 11.8 Å². The summed E-state index contributed by atoms with van der Waals surface area (Å²) in [6, 6.07) is 6.78. The number of nitrogens with zero attached hydrogens (tertiary/aromatic N) is 2. The Morgan fingerprint density at radius 2 is 1.57 bits per heavy atom. The Kier molecular flexibility index (Phi) is 3.51. The molecule has 0 atom stereocenters. The predicted octanol–water partition coefficient (Wildman–Crippen LogP) is 1.78. The highest BCUT2D eigenvalue weighted by molar-refractivity contribution is 5.93. The van der Waals surface area contributed by atoms with Crippen LogP contribution >= 0.6 is 0 Å². The zero-order chi connectivity index (χ0) is 14.8. The molecule has 0 bridgehead atoms. The van der Waals surface area contributed by atoms with Gasteiger partial charge < -0.3 is 18.6 Å². The SMILES string of the molecule is Cc1ccc(C(=O)N2CCN(C(=O)c3ccco3)CC2)o1.